The highest BCUT2D eigenvalue weighted by molar-refractivity contribution is 5.70. The molecule has 0 radical (unpaired) electrons. The predicted molar refractivity (Wildman–Crippen MR) is 161 cm³/mol. The molecule has 40 heavy (non-hydrogen) atoms. The van der Waals surface area contributed by atoms with Crippen LogP contribution in [0.3, 0.4) is 0 Å². The number of carboxylic acid groups (broad SMARTS) is 1. The lowest BCUT2D eigenvalue weighted by molar-refractivity contribution is -0.169. The minimum absolute atomic E-state index is 0.0634. The molecule has 0 aliphatic carbocycles. The molecule has 0 amide bonds. The summed E-state index contributed by atoms with van der Waals surface area (Å²) in [5.74, 6) is -2.34. The maximum Gasteiger partial charge on any atom is 0.308 e. The fourth-order valence-electron chi connectivity index (χ4n) is 5.99. The summed E-state index contributed by atoms with van der Waals surface area (Å²) in [7, 11) is 0. The number of hydrogen-bond acceptors (Lipinski definition) is 6. The van der Waals surface area contributed by atoms with Crippen molar-refractivity contribution in [1.29, 1.82) is 0 Å². The Morgan fingerprint density at radius 3 is 2.20 bits per heavy atom. The number of aliphatic carboxylic acids is 1. The van der Waals surface area contributed by atoms with Crippen LogP contribution < -0.4 is 0 Å². The zero-order chi connectivity index (χ0) is 30.7. The molecule has 0 aromatic rings. The van der Waals surface area contributed by atoms with Gasteiger partial charge in [0.2, 0.25) is 0 Å². The first-order valence-corrected chi connectivity index (χ1v) is 15.2. The van der Waals surface area contributed by atoms with Crippen LogP contribution in [0.25, 0.3) is 0 Å². The SMILES string of the molecule is C=CCC(C)/C=C(\C)C(O)C(C)/C=C/CCC(O)C(C)C(O)C(C)C(O)C(C)C1OC(C(C)C(=O)O)CCC1C. The van der Waals surface area contributed by atoms with E-state index in [4.69, 9.17) is 4.74 Å². The number of rotatable bonds is 17. The Balaban J connectivity index is 2.66. The van der Waals surface area contributed by atoms with E-state index in [0.29, 0.717) is 25.2 Å². The number of carboxylic acids is 1. The van der Waals surface area contributed by atoms with Gasteiger partial charge in [-0.2, -0.15) is 0 Å². The topological polar surface area (TPSA) is 127 Å². The van der Waals surface area contributed by atoms with E-state index in [-0.39, 0.29) is 23.9 Å². The summed E-state index contributed by atoms with van der Waals surface area (Å²) in [6, 6.07) is 0. The summed E-state index contributed by atoms with van der Waals surface area (Å²) in [4.78, 5) is 11.5. The number of ether oxygens (including phenoxy) is 1. The van der Waals surface area contributed by atoms with Gasteiger partial charge in [0.25, 0.3) is 0 Å². The van der Waals surface area contributed by atoms with E-state index in [1.54, 1.807) is 20.8 Å². The third-order valence-electron chi connectivity index (χ3n) is 9.15. The first kappa shape index (κ1) is 36.5. The average molecular weight is 567 g/mol. The summed E-state index contributed by atoms with van der Waals surface area (Å²) in [5.41, 5.74) is 0.935. The molecule has 1 aliphatic rings. The van der Waals surface area contributed by atoms with Crippen molar-refractivity contribution in [2.75, 3.05) is 0 Å². The predicted octanol–water partition coefficient (Wildman–Crippen LogP) is 5.37. The van der Waals surface area contributed by atoms with Gasteiger partial charge in [0, 0.05) is 23.7 Å². The summed E-state index contributed by atoms with van der Waals surface area (Å²) < 4.78 is 6.18. The van der Waals surface area contributed by atoms with Gasteiger partial charge < -0.3 is 30.3 Å². The molecule has 0 aromatic heterocycles. The Hall–Kier alpha value is -1.51. The van der Waals surface area contributed by atoms with Gasteiger partial charge in [-0.05, 0) is 63.4 Å². The van der Waals surface area contributed by atoms with Gasteiger partial charge in [0.1, 0.15) is 0 Å². The maximum atomic E-state index is 11.5. The standard InChI is InChI=1S/C33H58O7/c1-10-13-19(2)18-22(5)29(35)20(3)14-11-12-15-27(34)23(6)30(36)25(8)31(37)26(9)32-21(4)16-17-28(40-32)24(7)33(38)39/h10-11,14,18-21,23-32,34-37H,1,12-13,15-17H2,2-9H3,(H,38,39)/b14-11+,22-18+. The van der Waals surface area contributed by atoms with Crippen molar-refractivity contribution in [3.05, 3.63) is 36.5 Å². The quantitative estimate of drug-likeness (QED) is 0.150. The smallest absolute Gasteiger partial charge is 0.308 e. The Morgan fingerprint density at radius 1 is 1.00 bits per heavy atom. The maximum absolute atomic E-state index is 11.5. The van der Waals surface area contributed by atoms with Crippen LogP contribution in [0.15, 0.2) is 36.5 Å². The Bertz CT molecular complexity index is 824. The zero-order valence-corrected chi connectivity index (χ0v) is 26.1. The molecular formula is C33H58O7. The van der Waals surface area contributed by atoms with E-state index in [1.807, 2.05) is 39.0 Å². The van der Waals surface area contributed by atoms with E-state index in [2.05, 4.69) is 26.5 Å². The van der Waals surface area contributed by atoms with Crippen molar-refractivity contribution >= 4 is 5.97 Å². The second-order valence-corrected chi connectivity index (χ2v) is 12.7. The largest absolute Gasteiger partial charge is 0.481 e. The van der Waals surface area contributed by atoms with Crippen molar-refractivity contribution < 1.29 is 35.1 Å². The monoisotopic (exact) mass is 566 g/mol. The van der Waals surface area contributed by atoms with E-state index >= 15 is 0 Å². The molecular weight excluding hydrogens is 508 g/mol. The summed E-state index contributed by atoms with van der Waals surface area (Å²) in [6.45, 7) is 18.9. The van der Waals surface area contributed by atoms with Crippen molar-refractivity contribution in [3.8, 4) is 0 Å². The number of aliphatic hydroxyl groups is 4. The zero-order valence-electron chi connectivity index (χ0n) is 26.1. The lowest BCUT2D eigenvalue weighted by Gasteiger charge is -2.43. The fourth-order valence-corrected chi connectivity index (χ4v) is 5.99. The summed E-state index contributed by atoms with van der Waals surface area (Å²) in [5, 5.41) is 53.0. The van der Waals surface area contributed by atoms with Gasteiger partial charge in [-0.3, -0.25) is 4.79 Å². The van der Waals surface area contributed by atoms with E-state index in [1.165, 1.54) is 0 Å². The highest BCUT2D eigenvalue weighted by Gasteiger charge is 2.41. The third-order valence-corrected chi connectivity index (χ3v) is 9.15. The van der Waals surface area contributed by atoms with E-state index < -0.39 is 54.2 Å². The molecule has 7 heteroatoms. The van der Waals surface area contributed by atoms with Crippen LogP contribution in [-0.2, 0) is 9.53 Å². The molecule has 1 rings (SSSR count). The lowest BCUT2D eigenvalue weighted by Crippen LogP contribution is -2.49. The van der Waals surface area contributed by atoms with E-state index in [0.717, 1.165) is 18.4 Å². The van der Waals surface area contributed by atoms with Gasteiger partial charge in [0.15, 0.2) is 0 Å². The van der Waals surface area contributed by atoms with E-state index in [9.17, 15) is 30.3 Å². The van der Waals surface area contributed by atoms with Crippen molar-refractivity contribution in [2.24, 2.45) is 41.4 Å². The number of allylic oxidation sites excluding steroid dienone is 3. The second kappa shape index (κ2) is 17.4. The van der Waals surface area contributed by atoms with Crippen LogP contribution >= 0.6 is 0 Å². The molecule has 1 fully saturated rings. The van der Waals surface area contributed by atoms with Gasteiger partial charge >= 0.3 is 5.97 Å². The van der Waals surface area contributed by atoms with Crippen molar-refractivity contribution in [3.63, 3.8) is 0 Å². The molecule has 0 aromatic carbocycles. The average Bonchev–Trinajstić information content (AvgIpc) is 2.92. The number of aliphatic hydroxyl groups excluding tert-OH is 4. The first-order valence-electron chi connectivity index (χ1n) is 15.2. The molecule has 0 bridgehead atoms. The van der Waals surface area contributed by atoms with Gasteiger partial charge in [-0.15, -0.1) is 6.58 Å². The molecule has 232 valence electrons. The number of carbonyl (C=O) groups is 1. The third kappa shape index (κ3) is 10.7. The minimum atomic E-state index is -0.921. The normalized spacial score (nSPS) is 28.1. The Labute approximate surface area is 243 Å². The van der Waals surface area contributed by atoms with Crippen LogP contribution in [0.1, 0.15) is 87.5 Å². The van der Waals surface area contributed by atoms with Crippen molar-refractivity contribution in [2.45, 2.75) is 124 Å². The highest BCUT2D eigenvalue weighted by atomic mass is 16.5. The van der Waals surface area contributed by atoms with Crippen LogP contribution in [0.4, 0.5) is 0 Å². The first-order chi connectivity index (χ1) is 18.6. The molecule has 13 unspecified atom stereocenters. The fraction of sp³-hybridized carbons (Fsp3) is 0.788. The minimum Gasteiger partial charge on any atom is -0.481 e. The molecule has 0 spiro atoms. The second-order valence-electron chi connectivity index (χ2n) is 12.7. The Morgan fingerprint density at radius 2 is 1.62 bits per heavy atom. The number of hydrogen-bond donors (Lipinski definition) is 5. The molecule has 13 atom stereocenters. The Kier molecular flexibility index (Phi) is 15.9. The van der Waals surface area contributed by atoms with Crippen LogP contribution in [-0.4, -0.2) is 68.1 Å². The molecule has 7 nitrogen and oxygen atoms in total. The van der Waals surface area contributed by atoms with Crippen LogP contribution in [0.2, 0.25) is 0 Å². The lowest BCUT2D eigenvalue weighted by atomic mass is 9.76. The van der Waals surface area contributed by atoms with Gasteiger partial charge in [0.05, 0.1) is 42.5 Å². The summed E-state index contributed by atoms with van der Waals surface area (Å²) in [6.07, 6.45) is 7.49. The highest BCUT2D eigenvalue weighted by Crippen LogP contribution is 2.36. The van der Waals surface area contributed by atoms with Crippen LogP contribution in [0, 0.1) is 41.4 Å². The van der Waals surface area contributed by atoms with Crippen molar-refractivity contribution in [1.82, 2.24) is 0 Å². The van der Waals surface area contributed by atoms with Crippen LogP contribution in [0.5, 0.6) is 0 Å². The molecule has 5 N–H and O–H groups in total. The molecule has 1 aliphatic heterocycles. The van der Waals surface area contributed by atoms with Gasteiger partial charge in [-0.1, -0.05) is 65.8 Å². The summed E-state index contributed by atoms with van der Waals surface area (Å²) >= 11 is 0. The van der Waals surface area contributed by atoms with Gasteiger partial charge in [-0.25, -0.2) is 0 Å². The molecule has 1 heterocycles. The molecule has 0 saturated carbocycles. The molecule has 1 saturated heterocycles.